The van der Waals surface area contributed by atoms with Crippen LogP contribution in [0.1, 0.15) is 24.2 Å². The standard InChI is InChI=1S/C24H25N7O2/c1-14-11-31(12-15(2)28-14)20-9-8-17(21-18(20)10-25-24(29-21)33-3)23(32)30-22-16-6-4-5-7-19(16)26-13-27-22/h4-10,13-15,28H,11-12H2,1-3H3,(H,26,27,30,32)/t14-,15+. The summed E-state index contributed by atoms with van der Waals surface area (Å²) in [4.78, 5) is 33.1. The highest BCUT2D eigenvalue weighted by molar-refractivity contribution is 6.15. The highest BCUT2D eigenvalue weighted by Gasteiger charge is 2.25. The average molecular weight is 444 g/mol. The van der Waals surface area contributed by atoms with Crippen molar-refractivity contribution in [1.29, 1.82) is 0 Å². The third kappa shape index (κ3) is 4.03. The number of aromatic nitrogens is 4. The molecule has 1 fully saturated rings. The number of para-hydroxylation sites is 1. The molecule has 1 aliphatic heterocycles. The van der Waals surface area contributed by atoms with Crippen molar-refractivity contribution in [3.05, 3.63) is 54.5 Å². The molecule has 4 aromatic rings. The lowest BCUT2D eigenvalue weighted by Crippen LogP contribution is -2.54. The molecule has 2 aromatic carbocycles. The molecule has 2 atom stereocenters. The second kappa shape index (κ2) is 8.59. The van der Waals surface area contributed by atoms with Gasteiger partial charge in [0.1, 0.15) is 12.1 Å². The van der Waals surface area contributed by atoms with Gasteiger partial charge in [0, 0.05) is 47.8 Å². The molecule has 5 rings (SSSR count). The van der Waals surface area contributed by atoms with Gasteiger partial charge in [0.25, 0.3) is 5.91 Å². The van der Waals surface area contributed by atoms with Gasteiger partial charge >= 0.3 is 6.01 Å². The molecule has 9 heteroatoms. The van der Waals surface area contributed by atoms with Crippen molar-refractivity contribution in [2.24, 2.45) is 0 Å². The maximum absolute atomic E-state index is 13.4. The molecule has 3 heterocycles. The predicted octanol–water partition coefficient (Wildman–Crippen LogP) is 3.02. The molecule has 2 aromatic heterocycles. The van der Waals surface area contributed by atoms with E-state index in [1.807, 2.05) is 30.3 Å². The number of fused-ring (bicyclic) bond motifs is 2. The Morgan fingerprint density at radius 2 is 1.85 bits per heavy atom. The van der Waals surface area contributed by atoms with E-state index in [1.165, 1.54) is 13.4 Å². The molecule has 0 saturated carbocycles. The van der Waals surface area contributed by atoms with Crippen molar-refractivity contribution in [1.82, 2.24) is 25.3 Å². The van der Waals surface area contributed by atoms with Crippen LogP contribution in [0.15, 0.2) is 48.9 Å². The van der Waals surface area contributed by atoms with E-state index >= 15 is 0 Å². The minimum Gasteiger partial charge on any atom is -0.467 e. The van der Waals surface area contributed by atoms with Gasteiger partial charge in [0.05, 0.1) is 23.7 Å². The summed E-state index contributed by atoms with van der Waals surface area (Å²) in [6, 6.07) is 12.2. The zero-order valence-corrected chi connectivity index (χ0v) is 18.7. The monoisotopic (exact) mass is 443 g/mol. The second-order valence-electron chi connectivity index (χ2n) is 8.32. The highest BCUT2D eigenvalue weighted by Crippen LogP contribution is 2.31. The molecule has 1 saturated heterocycles. The normalized spacial score (nSPS) is 18.5. The molecular formula is C24H25N7O2. The number of hydrogen-bond donors (Lipinski definition) is 2. The van der Waals surface area contributed by atoms with Gasteiger partial charge in [-0.15, -0.1) is 0 Å². The van der Waals surface area contributed by atoms with E-state index in [0.717, 1.165) is 35.1 Å². The quantitative estimate of drug-likeness (QED) is 0.496. The number of ether oxygens (including phenoxy) is 1. The number of carbonyl (C=O) groups is 1. The van der Waals surface area contributed by atoms with Crippen molar-refractivity contribution in [2.45, 2.75) is 25.9 Å². The number of amides is 1. The van der Waals surface area contributed by atoms with Crippen molar-refractivity contribution < 1.29 is 9.53 Å². The zero-order valence-electron chi connectivity index (χ0n) is 18.7. The molecule has 1 aliphatic rings. The fourth-order valence-corrected chi connectivity index (χ4v) is 4.45. The van der Waals surface area contributed by atoms with Crippen LogP contribution in [-0.2, 0) is 0 Å². The topological polar surface area (TPSA) is 105 Å². The van der Waals surface area contributed by atoms with Crippen LogP contribution in [0.2, 0.25) is 0 Å². The minimum atomic E-state index is -0.307. The maximum atomic E-state index is 13.4. The number of anilines is 2. The van der Waals surface area contributed by atoms with Gasteiger partial charge in [-0.05, 0) is 38.1 Å². The van der Waals surface area contributed by atoms with Crippen LogP contribution in [0.3, 0.4) is 0 Å². The molecule has 0 spiro atoms. The largest absolute Gasteiger partial charge is 0.467 e. The number of carbonyl (C=O) groups excluding carboxylic acids is 1. The molecule has 168 valence electrons. The van der Waals surface area contributed by atoms with E-state index in [2.05, 4.69) is 49.3 Å². The Bertz CT molecular complexity index is 1330. The Hall–Kier alpha value is -3.85. The minimum absolute atomic E-state index is 0.211. The summed E-state index contributed by atoms with van der Waals surface area (Å²) in [5, 5.41) is 8.05. The number of piperazine rings is 1. The molecule has 1 amide bonds. The van der Waals surface area contributed by atoms with E-state index in [0.29, 0.717) is 29.0 Å². The lowest BCUT2D eigenvalue weighted by molar-refractivity contribution is 0.102. The van der Waals surface area contributed by atoms with Crippen LogP contribution in [0.5, 0.6) is 6.01 Å². The molecule has 0 radical (unpaired) electrons. The van der Waals surface area contributed by atoms with Crippen LogP contribution in [0, 0.1) is 0 Å². The number of rotatable bonds is 4. The van der Waals surface area contributed by atoms with Crippen LogP contribution < -0.4 is 20.3 Å². The second-order valence-corrected chi connectivity index (χ2v) is 8.32. The molecule has 33 heavy (non-hydrogen) atoms. The lowest BCUT2D eigenvalue weighted by atomic mass is 10.0. The van der Waals surface area contributed by atoms with Crippen LogP contribution in [0.25, 0.3) is 21.8 Å². The summed E-state index contributed by atoms with van der Waals surface area (Å²) in [7, 11) is 1.51. The van der Waals surface area contributed by atoms with Crippen LogP contribution in [0.4, 0.5) is 11.5 Å². The first-order chi connectivity index (χ1) is 16.0. The van der Waals surface area contributed by atoms with Crippen LogP contribution >= 0.6 is 0 Å². The fourth-order valence-electron chi connectivity index (χ4n) is 4.45. The zero-order chi connectivity index (χ0) is 22.9. The first kappa shape index (κ1) is 21.0. The van der Waals surface area contributed by atoms with Gasteiger partial charge in [0.15, 0.2) is 0 Å². The van der Waals surface area contributed by atoms with Gasteiger partial charge in [-0.2, -0.15) is 4.98 Å². The number of hydrogen-bond acceptors (Lipinski definition) is 8. The van der Waals surface area contributed by atoms with Gasteiger partial charge in [0.2, 0.25) is 0 Å². The summed E-state index contributed by atoms with van der Waals surface area (Å²) in [5.41, 5.74) is 2.72. The smallest absolute Gasteiger partial charge is 0.316 e. The molecule has 0 bridgehead atoms. The average Bonchev–Trinajstić information content (AvgIpc) is 2.82. The highest BCUT2D eigenvalue weighted by atomic mass is 16.5. The van der Waals surface area contributed by atoms with Crippen molar-refractivity contribution in [3.8, 4) is 6.01 Å². The number of methoxy groups -OCH3 is 1. The molecule has 0 unspecified atom stereocenters. The van der Waals surface area contributed by atoms with Gasteiger partial charge < -0.3 is 20.3 Å². The number of benzene rings is 2. The van der Waals surface area contributed by atoms with E-state index in [-0.39, 0.29) is 11.9 Å². The van der Waals surface area contributed by atoms with Crippen molar-refractivity contribution in [2.75, 3.05) is 30.4 Å². The lowest BCUT2D eigenvalue weighted by Gasteiger charge is -2.38. The molecule has 9 nitrogen and oxygen atoms in total. The van der Waals surface area contributed by atoms with Gasteiger partial charge in [-0.1, -0.05) is 12.1 Å². The van der Waals surface area contributed by atoms with E-state index in [9.17, 15) is 4.79 Å². The van der Waals surface area contributed by atoms with Crippen molar-refractivity contribution in [3.63, 3.8) is 0 Å². The van der Waals surface area contributed by atoms with Crippen molar-refractivity contribution >= 4 is 39.2 Å². The molecule has 2 N–H and O–H groups in total. The Balaban J connectivity index is 1.57. The summed E-state index contributed by atoms with van der Waals surface area (Å²) >= 11 is 0. The summed E-state index contributed by atoms with van der Waals surface area (Å²) in [5.74, 6) is 0.145. The first-order valence-electron chi connectivity index (χ1n) is 10.9. The van der Waals surface area contributed by atoms with E-state index < -0.39 is 0 Å². The Labute approximate surface area is 191 Å². The fraction of sp³-hybridized carbons (Fsp3) is 0.292. The SMILES string of the molecule is COc1ncc2c(N3C[C@@H](C)N[C@@H](C)C3)ccc(C(=O)Nc3ncnc4ccccc34)c2n1. The number of nitrogens with zero attached hydrogens (tertiary/aromatic N) is 5. The number of nitrogens with one attached hydrogen (secondary N) is 2. The Kier molecular flexibility index (Phi) is 5.47. The molecule has 0 aliphatic carbocycles. The summed E-state index contributed by atoms with van der Waals surface area (Å²) in [6.07, 6.45) is 3.17. The van der Waals surface area contributed by atoms with Gasteiger partial charge in [-0.3, -0.25) is 4.79 Å². The van der Waals surface area contributed by atoms with Gasteiger partial charge in [-0.25, -0.2) is 15.0 Å². The summed E-state index contributed by atoms with van der Waals surface area (Å²) in [6.45, 7) is 6.03. The third-order valence-electron chi connectivity index (χ3n) is 5.81. The maximum Gasteiger partial charge on any atom is 0.316 e. The first-order valence-corrected chi connectivity index (χ1v) is 10.9. The van der Waals surface area contributed by atoms with E-state index in [4.69, 9.17) is 4.74 Å². The third-order valence-corrected chi connectivity index (χ3v) is 5.81. The van der Waals surface area contributed by atoms with Crippen LogP contribution in [-0.4, -0.2) is 58.1 Å². The predicted molar refractivity (Wildman–Crippen MR) is 128 cm³/mol. The molecular weight excluding hydrogens is 418 g/mol. The van der Waals surface area contributed by atoms with E-state index in [1.54, 1.807) is 12.3 Å². The Morgan fingerprint density at radius 1 is 1.06 bits per heavy atom. The summed E-state index contributed by atoms with van der Waals surface area (Å²) < 4.78 is 5.25. The Morgan fingerprint density at radius 3 is 2.64 bits per heavy atom.